The topological polar surface area (TPSA) is 289 Å². The molecule has 0 bridgehead atoms. The molecule has 5 rings (SSSR count). The lowest BCUT2D eigenvalue weighted by Gasteiger charge is -2.29. The number of nitriles is 2. The fourth-order valence-electron chi connectivity index (χ4n) is 8.25. The molecule has 0 spiro atoms. The molecule has 0 unspecified atom stereocenters. The Morgan fingerprint density at radius 3 is 1.57 bits per heavy atom. The van der Waals surface area contributed by atoms with Crippen molar-refractivity contribution in [3.05, 3.63) is 35.9 Å². The molecule has 0 aliphatic carbocycles. The van der Waals surface area contributed by atoms with Crippen LogP contribution in [0, 0.1) is 46.3 Å². The van der Waals surface area contributed by atoms with Gasteiger partial charge in [0.05, 0.1) is 12.1 Å². The van der Waals surface area contributed by atoms with Crippen LogP contribution in [-0.4, -0.2) is 119 Å². The number of carbonyl (C=O) groups is 5. The van der Waals surface area contributed by atoms with Crippen molar-refractivity contribution in [2.75, 3.05) is 39.3 Å². The third kappa shape index (κ3) is 22.4. The van der Waals surface area contributed by atoms with E-state index in [4.69, 9.17) is 15.4 Å². The second-order valence-corrected chi connectivity index (χ2v) is 22.9. The number of nitrogens with one attached hydrogen (secondary N) is 6. The van der Waals surface area contributed by atoms with Crippen LogP contribution in [0.3, 0.4) is 0 Å². The minimum atomic E-state index is -3.78. The van der Waals surface area contributed by atoms with E-state index in [0.717, 1.165) is 56.9 Å². The number of benzene rings is 1. The van der Waals surface area contributed by atoms with E-state index < -0.39 is 61.5 Å². The van der Waals surface area contributed by atoms with E-state index in [1.165, 1.54) is 8.61 Å². The smallest absolute Gasteiger partial charge is 0.408 e. The van der Waals surface area contributed by atoms with Crippen molar-refractivity contribution in [1.82, 2.24) is 39.9 Å². The molecule has 0 aromatic heterocycles. The number of halogens is 1. The van der Waals surface area contributed by atoms with Gasteiger partial charge in [0.1, 0.15) is 30.8 Å². The predicted molar refractivity (Wildman–Crippen MR) is 260 cm³/mol. The normalized spacial score (nSPS) is 20.8. The summed E-state index contributed by atoms with van der Waals surface area (Å²) in [5.74, 6) is -1.56. The van der Waals surface area contributed by atoms with Gasteiger partial charge < -0.3 is 31.3 Å². The Hall–Kier alpha value is -4.58. The number of hydrogen-bond acceptors (Lipinski definition) is 12. The first kappa shape index (κ1) is 58.7. The number of amides is 5. The third-order valence-corrected chi connectivity index (χ3v) is 15.1. The molecule has 4 saturated heterocycles. The number of nitrogens with zero attached hydrogens (tertiary/aromatic N) is 4. The maximum absolute atomic E-state index is 12.8. The zero-order chi connectivity index (χ0) is 51.0. The molecule has 6 atom stereocenters. The maximum Gasteiger partial charge on any atom is 0.408 e. The van der Waals surface area contributed by atoms with Crippen molar-refractivity contribution < 1.29 is 45.5 Å². The van der Waals surface area contributed by atoms with Gasteiger partial charge >= 0.3 is 6.09 Å². The molecule has 4 fully saturated rings. The van der Waals surface area contributed by atoms with E-state index in [0.29, 0.717) is 65.0 Å². The fourth-order valence-corrected chi connectivity index (χ4v) is 10.8. The highest BCUT2D eigenvalue weighted by Gasteiger charge is 2.34. The number of hydrogen-bond donors (Lipinski definition) is 6. The fraction of sp³-hybridized carbons (Fsp3) is 0.717. The van der Waals surface area contributed by atoms with E-state index in [1.807, 2.05) is 64.1 Å². The third-order valence-electron chi connectivity index (χ3n) is 11.9. The highest BCUT2D eigenvalue weighted by atomic mass is 35.7. The summed E-state index contributed by atoms with van der Waals surface area (Å²) >= 11 is 0. The van der Waals surface area contributed by atoms with E-state index in [1.54, 1.807) is 0 Å². The Morgan fingerprint density at radius 1 is 0.696 bits per heavy atom. The van der Waals surface area contributed by atoms with Crippen LogP contribution in [0.1, 0.15) is 123 Å². The molecule has 6 N–H and O–H groups in total. The molecule has 0 saturated carbocycles. The summed E-state index contributed by atoms with van der Waals surface area (Å²) in [5, 5.41) is 32.4. The monoisotopic (exact) mass is 1020 g/mol. The lowest BCUT2D eigenvalue weighted by molar-refractivity contribution is -0.128. The van der Waals surface area contributed by atoms with Gasteiger partial charge in [-0.3, -0.25) is 19.2 Å². The second kappa shape index (κ2) is 30.2. The molecule has 20 nitrogen and oxygen atoms in total. The first-order chi connectivity index (χ1) is 32.7. The summed E-state index contributed by atoms with van der Waals surface area (Å²) in [7, 11) is -2.09. The number of carbonyl (C=O) groups excluding carboxylic acids is 5. The minimum absolute atomic E-state index is 0.0828. The molecule has 5 amide bonds. The van der Waals surface area contributed by atoms with E-state index in [9.17, 15) is 51.3 Å². The van der Waals surface area contributed by atoms with Crippen molar-refractivity contribution in [2.24, 2.45) is 23.7 Å². The minimum Gasteiger partial charge on any atom is -0.445 e. The summed E-state index contributed by atoms with van der Waals surface area (Å²) in [6.45, 7) is 11.1. The average molecular weight is 1030 g/mol. The molecule has 23 heteroatoms. The van der Waals surface area contributed by atoms with Gasteiger partial charge in [0, 0.05) is 61.8 Å². The van der Waals surface area contributed by atoms with Crippen LogP contribution in [-0.2, 0) is 50.0 Å². The molecule has 0 radical (unpaired) electrons. The Labute approximate surface area is 413 Å². The largest absolute Gasteiger partial charge is 0.445 e. The van der Waals surface area contributed by atoms with E-state index in [2.05, 4.69) is 37.4 Å². The highest BCUT2D eigenvalue weighted by Crippen LogP contribution is 2.20. The summed E-state index contributed by atoms with van der Waals surface area (Å²) in [4.78, 5) is 61.6. The number of piperidine rings is 4. The van der Waals surface area contributed by atoms with Crippen LogP contribution in [0.15, 0.2) is 30.3 Å². The van der Waals surface area contributed by atoms with Gasteiger partial charge in [-0.1, -0.05) is 70.9 Å². The molecule has 1 aromatic rings. The van der Waals surface area contributed by atoms with Gasteiger partial charge in [-0.05, 0) is 94.4 Å². The first-order valence-corrected chi connectivity index (χ1v) is 27.8. The molecule has 386 valence electrons. The quantitative estimate of drug-likeness (QED) is 0.108. The maximum atomic E-state index is 12.8. The van der Waals surface area contributed by atoms with Crippen LogP contribution in [0.25, 0.3) is 0 Å². The summed E-state index contributed by atoms with van der Waals surface area (Å²) in [5.41, 5.74) is 0.841. The van der Waals surface area contributed by atoms with Crippen LogP contribution < -0.4 is 31.3 Å². The summed E-state index contributed by atoms with van der Waals surface area (Å²) in [6, 6.07) is 9.90. The Bertz CT molecular complexity index is 2110. The van der Waals surface area contributed by atoms with Crippen LogP contribution in [0.4, 0.5) is 4.79 Å². The van der Waals surface area contributed by atoms with Crippen molar-refractivity contribution in [3.8, 4) is 12.1 Å². The van der Waals surface area contributed by atoms with Crippen LogP contribution >= 0.6 is 10.7 Å². The standard InChI is InChI=1S/C22H30N4O4.C19H33N5O4S.C5H10ClNO2S/c1-15(2)11-19(26-22(29)30-14-16-7-4-3-5-8-16)21(28)25-18(13-23)12-17-9-6-10-24-20(17)27;1-14(2)11-17(23-29(27,28)24-9-4-3-5-10-24)19(26)22-16(13-20)12-15-7-6-8-21-18(15)25;6-10(8,9)7-4-2-1-3-5-7/h3-5,7-8,15,17-19H,6,9-12,14H2,1-2H3,(H,24,27)(H,25,28)(H,26,29);14-17,23H,3-12H2,1-2H3,(H,21,25)(H,22,26);1-5H2/t17-,18-,19-;15-,16-,17-;/m00./s1. The van der Waals surface area contributed by atoms with Crippen LogP contribution in [0.2, 0.25) is 0 Å². The van der Waals surface area contributed by atoms with Gasteiger partial charge in [0.2, 0.25) is 23.6 Å². The lowest BCUT2D eigenvalue weighted by atomic mass is 9.91. The molecule has 4 aliphatic heterocycles. The predicted octanol–water partition coefficient (Wildman–Crippen LogP) is 3.85. The molecule has 1 aromatic carbocycles. The molecule has 4 heterocycles. The Kier molecular flexibility index (Phi) is 25.7. The van der Waals surface area contributed by atoms with Gasteiger partial charge in [0.15, 0.2) is 0 Å². The van der Waals surface area contributed by atoms with Crippen LogP contribution in [0.5, 0.6) is 0 Å². The SMILES string of the molecule is CC(C)C[C@H](NC(=O)OCc1ccccc1)C(=O)N[C@H](C#N)C[C@@H]1CCCNC1=O.CC(C)C[C@H](NS(=O)(=O)N1CCCCC1)C(=O)N[C@H](C#N)C[C@@H]1CCCNC1=O.O=S(=O)(Cl)N1CCCCC1. The molecular formula is C46H73ClN10O10S2. The Morgan fingerprint density at radius 2 is 1.14 bits per heavy atom. The van der Waals surface area contributed by atoms with Crippen molar-refractivity contribution in [2.45, 2.75) is 148 Å². The first-order valence-electron chi connectivity index (χ1n) is 24.1. The zero-order valence-corrected chi connectivity index (χ0v) is 42.8. The van der Waals surface area contributed by atoms with E-state index in [-0.39, 0.29) is 54.9 Å². The summed E-state index contributed by atoms with van der Waals surface area (Å²) in [6.07, 6.45) is 9.17. The van der Waals surface area contributed by atoms with Crippen molar-refractivity contribution in [3.63, 3.8) is 0 Å². The van der Waals surface area contributed by atoms with Crippen molar-refractivity contribution >= 4 is 59.9 Å². The average Bonchev–Trinajstić information content (AvgIpc) is 3.32. The zero-order valence-electron chi connectivity index (χ0n) is 40.4. The van der Waals surface area contributed by atoms with E-state index >= 15 is 0 Å². The molecular weight excluding hydrogens is 952 g/mol. The number of rotatable bonds is 19. The van der Waals surface area contributed by atoms with Gasteiger partial charge in [-0.25, -0.2) is 4.79 Å². The van der Waals surface area contributed by atoms with Crippen molar-refractivity contribution in [1.29, 1.82) is 10.5 Å². The molecule has 4 aliphatic rings. The molecule has 69 heavy (non-hydrogen) atoms. The lowest BCUT2D eigenvalue weighted by Crippen LogP contribution is -2.54. The van der Waals surface area contributed by atoms with Gasteiger partial charge in [-0.2, -0.15) is 40.7 Å². The van der Waals surface area contributed by atoms with Gasteiger partial charge in [0.25, 0.3) is 19.4 Å². The number of ether oxygens (including phenoxy) is 1. The second-order valence-electron chi connectivity index (χ2n) is 18.7. The summed E-state index contributed by atoms with van der Waals surface area (Å²) < 4.78 is 57.2. The number of alkyl carbamates (subject to hydrolysis) is 1. The Balaban J connectivity index is 0.000000304. The van der Waals surface area contributed by atoms with Gasteiger partial charge in [-0.15, -0.1) is 0 Å². The highest BCUT2D eigenvalue weighted by molar-refractivity contribution is 8.11.